The van der Waals surface area contributed by atoms with E-state index in [1.165, 1.54) is 5.56 Å². The lowest BCUT2D eigenvalue weighted by atomic mass is 9.95. The second-order valence-electron chi connectivity index (χ2n) is 14.0. The van der Waals surface area contributed by atoms with Crippen LogP contribution in [-0.2, 0) is 15.3 Å². The zero-order valence-corrected chi connectivity index (χ0v) is 29.7. The molecule has 0 saturated carbocycles. The van der Waals surface area contributed by atoms with Crippen molar-refractivity contribution in [3.05, 3.63) is 83.9 Å². The Hall–Kier alpha value is -1.55. The lowest BCUT2D eigenvalue weighted by Crippen LogP contribution is -2.64. The van der Waals surface area contributed by atoms with E-state index in [2.05, 4.69) is 116 Å². The predicted molar refractivity (Wildman–Crippen MR) is 179 cm³/mol. The molecule has 0 bridgehead atoms. The molecule has 0 radical (unpaired) electrons. The van der Waals surface area contributed by atoms with Crippen LogP contribution in [0.15, 0.2) is 72.8 Å². The molecule has 41 heavy (non-hydrogen) atoms. The molecule has 0 amide bonds. The highest BCUT2D eigenvalue weighted by molar-refractivity contribution is 6.55. The maximum atomic E-state index is 11.4. The molecule has 0 fully saturated rings. The molecule has 0 aliphatic carbocycles. The molecule has 1 aliphatic heterocycles. The molecule has 228 valence electrons. The Labute approximate surface area is 254 Å². The van der Waals surface area contributed by atoms with Gasteiger partial charge >= 0.3 is 0 Å². The van der Waals surface area contributed by atoms with E-state index in [0.29, 0.717) is 24.7 Å². The van der Waals surface area contributed by atoms with Crippen molar-refractivity contribution in [1.82, 2.24) is 4.90 Å². The van der Waals surface area contributed by atoms with Crippen LogP contribution >= 0.6 is 0 Å². The van der Waals surface area contributed by atoms with Gasteiger partial charge in [-0.3, -0.25) is 0 Å². The minimum Gasteiger partial charge on any atom is -0.388 e. The summed E-state index contributed by atoms with van der Waals surface area (Å²) in [6.45, 7) is 24.2. The summed E-state index contributed by atoms with van der Waals surface area (Å²) in [6, 6.07) is 20.9. The SMILES string of the molecule is CC(C)C(C)(C)[SiH](C)OC(Cc1ccccc1)(O[SiH](C)C(C)(C)C(C)C)N1CC=CCC1C[C@H](O)c1ccccc1. The maximum Gasteiger partial charge on any atom is 0.215 e. The fraction of sp³-hybridized carbons (Fsp3) is 0.600. The molecule has 1 N–H and O–H groups in total. The van der Waals surface area contributed by atoms with Crippen LogP contribution in [0.3, 0.4) is 0 Å². The normalized spacial score (nSPS) is 20.7. The van der Waals surface area contributed by atoms with Crippen molar-refractivity contribution < 1.29 is 14.0 Å². The summed E-state index contributed by atoms with van der Waals surface area (Å²) >= 11 is 0. The third-order valence-corrected chi connectivity index (χ3v) is 17.5. The Kier molecular flexibility index (Phi) is 11.8. The molecule has 0 spiro atoms. The smallest absolute Gasteiger partial charge is 0.215 e. The third kappa shape index (κ3) is 8.30. The van der Waals surface area contributed by atoms with Gasteiger partial charge in [-0.2, -0.15) is 0 Å². The zero-order valence-electron chi connectivity index (χ0n) is 27.4. The largest absolute Gasteiger partial charge is 0.388 e. The molecule has 3 rings (SSSR count). The van der Waals surface area contributed by atoms with Crippen molar-refractivity contribution in [3.63, 3.8) is 0 Å². The van der Waals surface area contributed by atoms with E-state index in [9.17, 15) is 5.11 Å². The number of aliphatic hydroxyl groups is 1. The first-order valence-corrected chi connectivity index (χ1v) is 20.2. The average Bonchev–Trinajstić information content (AvgIpc) is 2.93. The van der Waals surface area contributed by atoms with Gasteiger partial charge in [0.05, 0.1) is 6.10 Å². The molecule has 4 nitrogen and oxygen atoms in total. The Morgan fingerprint density at radius 2 is 1.29 bits per heavy atom. The monoisotopic (exact) mass is 595 g/mol. The Morgan fingerprint density at radius 3 is 1.78 bits per heavy atom. The summed E-state index contributed by atoms with van der Waals surface area (Å²) in [5.74, 6) is 0.0950. The highest BCUT2D eigenvalue weighted by Crippen LogP contribution is 2.45. The summed E-state index contributed by atoms with van der Waals surface area (Å²) in [5, 5.41) is 11.6. The number of hydrogen-bond acceptors (Lipinski definition) is 4. The van der Waals surface area contributed by atoms with Crippen molar-refractivity contribution in [2.24, 2.45) is 11.8 Å². The van der Waals surface area contributed by atoms with Crippen LogP contribution < -0.4 is 0 Å². The molecule has 0 aromatic heterocycles. The van der Waals surface area contributed by atoms with Crippen LogP contribution in [0.1, 0.15) is 85.5 Å². The lowest BCUT2D eigenvalue weighted by Gasteiger charge is -2.53. The van der Waals surface area contributed by atoms with Crippen LogP contribution in [-0.4, -0.2) is 46.6 Å². The van der Waals surface area contributed by atoms with Crippen molar-refractivity contribution in [1.29, 1.82) is 0 Å². The first kappa shape index (κ1) is 33.9. The van der Waals surface area contributed by atoms with Crippen LogP contribution in [0.25, 0.3) is 0 Å². The van der Waals surface area contributed by atoms with E-state index >= 15 is 0 Å². The van der Waals surface area contributed by atoms with Gasteiger partial charge in [-0.1, -0.05) is 128 Å². The van der Waals surface area contributed by atoms with Gasteiger partial charge in [-0.15, -0.1) is 0 Å². The Morgan fingerprint density at radius 1 is 0.805 bits per heavy atom. The quantitative estimate of drug-likeness (QED) is 0.136. The lowest BCUT2D eigenvalue weighted by molar-refractivity contribution is -0.246. The summed E-state index contributed by atoms with van der Waals surface area (Å²) in [5.41, 5.74) is 2.18. The fourth-order valence-electron chi connectivity index (χ4n) is 5.42. The second-order valence-corrected chi connectivity index (χ2v) is 20.0. The molecular formula is C35H57NO3Si2. The van der Waals surface area contributed by atoms with E-state index in [4.69, 9.17) is 8.85 Å². The molecule has 4 atom stereocenters. The highest BCUT2D eigenvalue weighted by Gasteiger charge is 2.50. The topological polar surface area (TPSA) is 41.9 Å². The van der Waals surface area contributed by atoms with E-state index in [1.807, 2.05) is 30.3 Å². The van der Waals surface area contributed by atoms with Gasteiger partial charge < -0.3 is 14.0 Å². The summed E-state index contributed by atoms with van der Waals surface area (Å²) < 4.78 is 15.1. The van der Waals surface area contributed by atoms with E-state index in [0.717, 1.165) is 18.5 Å². The van der Waals surface area contributed by atoms with Crippen LogP contribution in [0.2, 0.25) is 23.2 Å². The summed E-state index contributed by atoms with van der Waals surface area (Å²) in [7, 11) is -3.59. The second kappa shape index (κ2) is 14.3. The summed E-state index contributed by atoms with van der Waals surface area (Å²) in [6.07, 6.45) is 6.14. The third-order valence-electron chi connectivity index (χ3n) is 10.5. The minimum atomic E-state index is -1.80. The van der Waals surface area contributed by atoms with E-state index in [-0.39, 0.29) is 16.1 Å². The molecule has 1 heterocycles. The molecule has 1 aliphatic rings. The molecule has 2 aromatic carbocycles. The van der Waals surface area contributed by atoms with Crippen LogP contribution in [0, 0.1) is 11.8 Å². The predicted octanol–water partition coefficient (Wildman–Crippen LogP) is 8.25. The first-order valence-electron chi connectivity index (χ1n) is 15.7. The van der Waals surface area contributed by atoms with Gasteiger partial charge in [0, 0.05) is 19.0 Å². The molecular weight excluding hydrogens is 539 g/mol. The van der Waals surface area contributed by atoms with Gasteiger partial charge in [0.1, 0.15) is 0 Å². The number of nitrogens with zero attached hydrogens (tertiary/aromatic N) is 1. The Balaban J connectivity index is 2.14. The van der Waals surface area contributed by atoms with E-state index < -0.39 is 30.1 Å². The molecule has 2 aromatic rings. The van der Waals surface area contributed by atoms with Crippen LogP contribution in [0.5, 0.6) is 0 Å². The van der Waals surface area contributed by atoms with Gasteiger partial charge in [0.25, 0.3) is 0 Å². The number of hydrogen-bond donors (Lipinski definition) is 1. The van der Waals surface area contributed by atoms with Crippen molar-refractivity contribution in [3.8, 4) is 0 Å². The van der Waals surface area contributed by atoms with Gasteiger partial charge in [-0.05, 0) is 59.0 Å². The van der Waals surface area contributed by atoms with Crippen molar-refractivity contribution in [2.45, 2.75) is 116 Å². The van der Waals surface area contributed by atoms with Gasteiger partial charge in [-0.25, -0.2) is 4.90 Å². The van der Waals surface area contributed by atoms with Crippen molar-refractivity contribution >= 4 is 18.1 Å². The standard InChI is InChI=1S/C35H57NO3Si2/c1-27(2)33(5,6)40(9)38-35(26-29-19-13-11-14-20-29,39-41(10)34(7,8)28(3)4)36-24-18-17-23-31(36)25-32(37)30-21-15-12-16-22-30/h11-22,27-28,31-32,37,40-41H,23-26H2,1-10H3/t31?,32-,35?,40?,41?/m0/s1. The number of rotatable bonds is 14. The Bertz CT molecular complexity index is 1060. The zero-order chi connectivity index (χ0) is 30.4. The van der Waals surface area contributed by atoms with Gasteiger partial charge in [0.15, 0.2) is 18.1 Å². The molecule has 6 heteroatoms. The summed E-state index contributed by atoms with van der Waals surface area (Å²) in [4.78, 5) is 2.48. The van der Waals surface area contributed by atoms with E-state index in [1.54, 1.807) is 0 Å². The minimum absolute atomic E-state index is 0.0777. The molecule has 3 unspecified atom stereocenters. The average molecular weight is 596 g/mol. The van der Waals surface area contributed by atoms with Crippen LogP contribution in [0.4, 0.5) is 0 Å². The first-order chi connectivity index (χ1) is 19.2. The number of aliphatic hydroxyl groups excluding tert-OH is 1. The highest BCUT2D eigenvalue weighted by atomic mass is 28.3. The van der Waals surface area contributed by atoms with Crippen molar-refractivity contribution in [2.75, 3.05) is 6.54 Å². The van der Waals surface area contributed by atoms with Gasteiger partial charge in [0.2, 0.25) is 5.91 Å². The fourth-order valence-corrected chi connectivity index (χ4v) is 9.67. The molecule has 0 saturated heterocycles. The number of benzene rings is 2. The maximum absolute atomic E-state index is 11.4.